The first-order valence-electron chi connectivity index (χ1n) is 8.05. The number of hydrogen-bond acceptors (Lipinski definition) is 4. The number of H-pyrrole nitrogens is 1. The number of benzene rings is 1. The monoisotopic (exact) mass is 322 g/mol. The molecular formula is C17H18N6O. The summed E-state index contributed by atoms with van der Waals surface area (Å²) < 4.78 is 2.02. The van der Waals surface area contributed by atoms with E-state index in [9.17, 15) is 4.79 Å². The topological polar surface area (TPSA) is 79.7 Å². The Kier molecular flexibility index (Phi) is 3.82. The lowest BCUT2D eigenvalue weighted by molar-refractivity contribution is 0.0695. The van der Waals surface area contributed by atoms with Gasteiger partial charge < -0.3 is 9.47 Å². The van der Waals surface area contributed by atoms with Crippen molar-refractivity contribution in [2.24, 2.45) is 0 Å². The molecule has 1 aliphatic rings. The molecule has 0 aliphatic carbocycles. The molecule has 7 heteroatoms. The van der Waals surface area contributed by atoms with Crippen LogP contribution in [0.25, 0.3) is 11.3 Å². The number of piperidine rings is 1. The van der Waals surface area contributed by atoms with Gasteiger partial charge in [0.1, 0.15) is 12.7 Å². The summed E-state index contributed by atoms with van der Waals surface area (Å²) >= 11 is 0. The Hall–Kier alpha value is -2.96. The zero-order chi connectivity index (χ0) is 16.4. The Morgan fingerprint density at radius 3 is 2.50 bits per heavy atom. The minimum absolute atomic E-state index is 0.0322. The van der Waals surface area contributed by atoms with Crippen LogP contribution >= 0.6 is 0 Å². The number of aromatic amines is 1. The molecule has 0 unspecified atom stereocenters. The molecule has 7 nitrogen and oxygen atoms in total. The standard InChI is InChI=1S/C17H18N6O/c24-17(15-10-18-21-16(15)13-4-2-1-3-5-13)22-8-6-14(7-9-22)23-11-19-20-12-23/h1-5,10-12,14H,6-9H2,(H,18,21). The van der Waals surface area contributed by atoms with Crippen LogP contribution in [0.2, 0.25) is 0 Å². The number of nitrogens with one attached hydrogen (secondary N) is 1. The summed E-state index contributed by atoms with van der Waals surface area (Å²) in [6, 6.07) is 10.2. The number of aromatic nitrogens is 5. The number of carbonyl (C=O) groups excluding carboxylic acids is 1. The maximum Gasteiger partial charge on any atom is 0.257 e. The van der Waals surface area contributed by atoms with Gasteiger partial charge in [-0.25, -0.2) is 0 Å². The second-order valence-corrected chi connectivity index (χ2v) is 5.96. The molecule has 1 saturated heterocycles. The molecule has 1 aromatic carbocycles. The normalized spacial score (nSPS) is 15.6. The first-order valence-corrected chi connectivity index (χ1v) is 8.05. The quantitative estimate of drug-likeness (QED) is 0.801. The molecule has 2 aromatic heterocycles. The van der Waals surface area contributed by atoms with Gasteiger partial charge in [-0.2, -0.15) is 5.10 Å². The molecule has 24 heavy (non-hydrogen) atoms. The summed E-state index contributed by atoms with van der Waals surface area (Å²) in [7, 11) is 0. The van der Waals surface area contributed by atoms with Crippen LogP contribution in [0.5, 0.6) is 0 Å². The van der Waals surface area contributed by atoms with Crippen LogP contribution in [-0.2, 0) is 0 Å². The van der Waals surface area contributed by atoms with E-state index in [0.717, 1.165) is 37.2 Å². The molecular weight excluding hydrogens is 304 g/mol. The minimum Gasteiger partial charge on any atom is -0.338 e. The highest BCUT2D eigenvalue weighted by molar-refractivity contribution is 5.99. The van der Waals surface area contributed by atoms with Crippen molar-refractivity contribution in [1.82, 2.24) is 29.9 Å². The molecule has 1 amide bonds. The van der Waals surface area contributed by atoms with Crippen LogP contribution in [-0.4, -0.2) is 48.9 Å². The Morgan fingerprint density at radius 2 is 1.79 bits per heavy atom. The smallest absolute Gasteiger partial charge is 0.257 e. The van der Waals surface area contributed by atoms with Gasteiger partial charge in [-0.05, 0) is 12.8 Å². The third kappa shape index (κ3) is 2.68. The van der Waals surface area contributed by atoms with Gasteiger partial charge in [0, 0.05) is 24.7 Å². The van der Waals surface area contributed by atoms with E-state index < -0.39 is 0 Å². The summed E-state index contributed by atoms with van der Waals surface area (Å²) in [6.45, 7) is 1.45. The van der Waals surface area contributed by atoms with E-state index in [2.05, 4.69) is 20.4 Å². The van der Waals surface area contributed by atoms with Gasteiger partial charge in [0.25, 0.3) is 5.91 Å². The third-order valence-corrected chi connectivity index (χ3v) is 4.54. The SMILES string of the molecule is O=C(c1cn[nH]c1-c1ccccc1)N1CCC(n2cnnc2)CC1. The zero-order valence-corrected chi connectivity index (χ0v) is 13.2. The van der Waals surface area contributed by atoms with Gasteiger partial charge in [-0.3, -0.25) is 9.89 Å². The second kappa shape index (κ2) is 6.27. The van der Waals surface area contributed by atoms with E-state index in [1.54, 1.807) is 18.9 Å². The Morgan fingerprint density at radius 1 is 1.08 bits per heavy atom. The Bertz CT molecular complexity index is 803. The largest absolute Gasteiger partial charge is 0.338 e. The molecule has 4 rings (SSSR count). The average Bonchev–Trinajstić information content (AvgIpc) is 3.34. The third-order valence-electron chi connectivity index (χ3n) is 4.54. The van der Waals surface area contributed by atoms with Crippen molar-refractivity contribution in [3.8, 4) is 11.3 Å². The average molecular weight is 322 g/mol. The molecule has 1 N–H and O–H groups in total. The van der Waals surface area contributed by atoms with Gasteiger partial charge in [-0.15, -0.1) is 10.2 Å². The van der Waals surface area contributed by atoms with Crippen LogP contribution in [0.3, 0.4) is 0 Å². The molecule has 3 heterocycles. The predicted octanol–water partition coefficient (Wildman–Crippen LogP) is 2.15. The molecule has 0 bridgehead atoms. The summed E-state index contributed by atoms with van der Waals surface area (Å²) in [5, 5.41) is 14.7. The fourth-order valence-electron chi connectivity index (χ4n) is 3.21. The van der Waals surface area contributed by atoms with Crippen LogP contribution in [0.4, 0.5) is 0 Å². The molecule has 0 atom stereocenters. The van der Waals surface area contributed by atoms with Crippen molar-refractivity contribution >= 4 is 5.91 Å². The van der Waals surface area contributed by atoms with Gasteiger partial charge in [0.05, 0.1) is 17.5 Å². The summed E-state index contributed by atoms with van der Waals surface area (Å²) in [4.78, 5) is 14.8. The van der Waals surface area contributed by atoms with E-state index in [4.69, 9.17) is 0 Å². The van der Waals surface area contributed by atoms with Crippen LogP contribution in [0, 0.1) is 0 Å². The highest BCUT2D eigenvalue weighted by Gasteiger charge is 2.26. The number of carbonyl (C=O) groups is 1. The van der Waals surface area contributed by atoms with Crippen molar-refractivity contribution in [2.75, 3.05) is 13.1 Å². The molecule has 3 aromatic rings. The zero-order valence-electron chi connectivity index (χ0n) is 13.2. The van der Waals surface area contributed by atoms with Crippen LogP contribution < -0.4 is 0 Å². The molecule has 122 valence electrons. The van der Waals surface area contributed by atoms with Gasteiger partial charge in [0.2, 0.25) is 0 Å². The van der Waals surface area contributed by atoms with Gasteiger partial charge in [0.15, 0.2) is 0 Å². The number of amides is 1. The predicted molar refractivity (Wildman–Crippen MR) is 88.2 cm³/mol. The minimum atomic E-state index is 0.0322. The molecule has 0 radical (unpaired) electrons. The Balaban J connectivity index is 1.49. The van der Waals surface area contributed by atoms with E-state index >= 15 is 0 Å². The summed E-state index contributed by atoms with van der Waals surface area (Å²) in [5.41, 5.74) is 2.38. The number of hydrogen-bond donors (Lipinski definition) is 1. The van der Waals surface area contributed by atoms with E-state index in [1.807, 2.05) is 39.8 Å². The fraction of sp³-hybridized carbons (Fsp3) is 0.294. The van der Waals surface area contributed by atoms with Crippen molar-refractivity contribution < 1.29 is 4.79 Å². The maximum atomic E-state index is 12.9. The van der Waals surface area contributed by atoms with Crippen LogP contribution in [0.1, 0.15) is 29.2 Å². The van der Waals surface area contributed by atoms with Crippen LogP contribution in [0.15, 0.2) is 49.2 Å². The van der Waals surface area contributed by atoms with Crippen molar-refractivity contribution in [1.29, 1.82) is 0 Å². The molecule has 1 fully saturated rings. The lowest BCUT2D eigenvalue weighted by atomic mass is 10.0. The first kappa shape index (κ1) is 14.6. The van der Waals surface area contributed by atoms with E-state index in [-0.39, 0.29) is 5.91 Å². The highest BCUT2D eigenvalue weighted by Crippen LogP contribution is 2.26. The van der Waals surface area contributed by atoms with E-state index in [0.29, 0.717) is 11.6 Å². The van der Waals surface area contributed by atoms with Crippen molar-refractivity contribution in [3.63, 3.8) is 0 Å². The van der Waals surface area contributed by atoms with Crippen molar-refractivity contribution in [3.05, 3.63) is 54.7 Å². The first-order chi connectivity index (χ1) is 11.8. The summed E-state index contributed by atoms with van der Waals surface area (Å²) in [6.07, 6.45) is 6.92. The molecule has 0 saturated carbocycles. The second-order valence-electron chi connectivity index (χ2n) is 5.96. The number of nitrogens with zero attached hydrogens (tertiary/aromatic N) is 5. The lowest BCUT2D eigenvalue weighted by Crippen LogP contribution is -2.39. The van der Waals surface area contributed by atoms with E-state index in [1.165, 1.54) is 0 Å². The molecule has 0 spiro atoms. The Labute approximate surface area is 139 Å². The highest BCUT2D eigenvalue weighted by atomic mass is 16.2. The summed E-state index contributed by atoms with van der Waals surface area (Å²) in [5.74, 6) is 0.0322. The number of likely N-dealkylation sites (tertiary alicyclic amines) is 1. The van der Waals surface area contributed by atoms with Gasteiger partial charge >= 0.3 is 0 Å². The van der Waals surface area contributed by atoms with Gasteiger partial charge in [-0.1, -0.05) is 30.3 Å². The number of rotatable bonds is 3. The fourth-order valence-corrected chi connectivity index (χ4v) is 3.21. The lowest BCUT2D eigenvalue weighted by Gasteiger charge is -2.32. The maximum absolute atomic E-state index is 12.9. The van der Waals surface area contributed by atoms with Crippen molar-refractivity contribution in [2.45, 2.75) is 18.9 Å². The molecule has 1 aliphatic heterocycles.